The third-order valence-corrected chi connectivity index (χ3v) is 6.43. The van der Waals surface area contributed by atoms with Gasteiger partial charge in [-0.1, -0.05) is 30.0 Å². The average molecular weight is 370 g/mol. The Hall–Kier alpha value is -2.16. The van der Waals surface area contributed by atoms with Crippen LogP contribution >= 0.6 is 19.1 Å². The predicted octanol–water partition coefficient (Wildman–Crippen LogP) is 5.46. The molecule has 0 aliphatic rings. The molecule has 0 N–H and O–H groups in total. The number of rotatable bonds is 6. The van der Waals surface area contributed by atoms with Crippen LogP contribution in [0.2, 0.25) is 0 Å². The predicted molar refractivity (Wildman–Crippen MR) is 104 cm³/mol. The Balaban J connectivity index is 1.68. The Kier molecular flexibility index (Phi) is 5.52. The minimum absolute atomic E-state index is 0.605. The number of ether oxygens (including phenoxy) is 1. The van der Waals surface area contributed by atoms with E-state index < -0.39 is 7.37 Å². The third-order valence-electron chi connectivity index (χ3n) is 3.62. The summed E-state index contributed by atoms with van der Waals surface area (Å²) < 4.78 is 23.7. The third kappa shape index (κ3) is 4.68. The normalized spacial score (nSPS) is 13.0. The lowest BCUT2D eigenvalue weighted by atomic mass is 10.3. The van der Waals surface area contributed by atoms with Crippen LogP contribution in [0.25, 0.3) is 0 Å². The summed E-state index contributed by atoms with van der Waals surface area (Å²) in [7, 11) is -1.22. The monoisotopic (exact) mass is 370 g/mol. The zero-order chi connectivity index (χ0) is 17.7. The van der Waals surface area contributed by atoms with Crippen LogP contribution < -0.4 is 14.6 Å². The highest BCUT2D eigenvalue weighted by atomic mass is 32.2. The Bertz CT molecular complexity index is 862. The molecule has 128 valence electrons. The Labute approximate surface area is 152 Å². The first-order valence-corrected chi connectivity index (χ1v) is 10.7. The van der Waals surface area contributed by atoms with Gasteiger partial charge in [-0.3, -0.25) is 4.57 Å². The van der Waals surface area contributed by atoms with Gasteiger partial charge in [0, 0.05) is 21.8 Å². The molecule has 0 aliphatic carbocycles. The molecule has 0 fully saturated rings. The maximum absolute atomic E-state index is 12.8. The van der Waals surface area contributed by atoms with Crippen LogP contribution in [0.5, 0.6) is 11.5 Å². The summed E-state index contributed by atoms with van der Waals surface area (Å²) >= 11 is 1.65. The van der Waals surface area contributed by atoms with E-state index in [-0.39, 0.29) is 0 Å². The number of hydrogen-bond acceptors (Lipinski definition) is 4. The van der Waals surface area contributed by atoms with Crippen molar-refractivity contribution in [3.8, 4) is 11.5 Å². The average Bonchev–Trinajstić information content (AvgIpc) is 2.64. The van der Waals surface area contributed by atoms with Gasteiger partial charge < -0.3 is 9.26 Å². The maximum atomic E-state index is 12.8. The zero-order valence-corrected chi connectivity index (χ0v) is 15.8. The molecule has 1 unspecified atom stereocenters. The highest BCUT2D eigenvalue weighted by Gasteiger charge is 2.20. The molecule has 0 bridgehead atoms. The molecule has 0 spiro atoms. The summed E-state index contributed by atoms with van der Waals surface area (Å²) in [5.41, 5.74) is 0. The van der Waals surface area contributed by atoms with Crippen molar-refractivity contribution in [2.24, 2.45) is 0 Å². The Morgan fingerprint density at radius 3 is 1.80 bits per heavy atom. The van der Waals surface area contributed by atoms with Gasteiger partial charge in [0.1, 0.15) is 11.5 Å². The van der Waals surface area contributed by atoms with Gasteiger partial charge in [-0.2, -0.15) is 0 Å². The fourth-order valence-electron chi connectivity index (χ4n) is 2.30. The van der Waals surface area contributed by atoms with E-state index in [0.717, 1.165) is 15.5 Å². The van der Waals surface area contributed by atoms with Gasteiger partial charge in [-0.25, -0.2) is 0 Å². The van der Waals surface area contributed by atoms with E-state index in [0.29, 0.717) is 11.1 Å². The lowest BCUT2D eigenvalue weighted by Crippen LogP contribution is -2.07. The maximum Gasteiger partial charge on any atom is 0.274 e. The van der Waals surface area contributed by atoms with E-state index >= 15 is 0 Å². The van der Waals surface area contributed by atoms with E-state index in [4.69, 9.17) is 9.26 Å². The van der Waals surface area contributed by atoms with Crippen molar-refractivity contribution in [1.82, 2.24) is 0 Å². The highest BCUT2D eigenvalue weighted by Crippen LogP contribution is 2.42. The molecule has 0 heterocycles. The molecule has 5 heteroatoms. The highest BCUT2D eigenvalue weighted by molar-refractivity contribution is 7.99. The van der Waals surface area contributed by atoms with E-state index in [2.05, 4.69) is 0 Å². The van der Waals surface area contributed by atoms with E-state index in [1.165, 1.54) is 0 Å². The first kappa shape index (κ1) is 17.7. The Morgan fingerprint density at radius 1 is 0.760 bits per heavy atom. The molecule has 0 saturated heterocycles. The molecule has 0 aromatic heterocycles. The standard InChI is InChI=1S/C20H19O3PS/c1-22-16-8-12-19(13-9-16)25-20-14-10-17(11-15-20)23-24(2,21)18-6-4-3-5-7-18/h3-15H,1-2H3. The van der Waals surface area contributed by atoms with Crippen molar-refractivity contribution < 1.29 is 13.8 Å². The van der Waals surface area contributed by atoms with E-state index in [1.807, 2.05) is 78.9 Å². The van der Waals surface area contributed by atoms with E-state index in [1.54, 1.807) is 25.5 Å². The molecular weight excluding hydrogens is 351 g/mol. The van der Waals surface area contributed by atoms with Crippen LogP contribution in [0.4, 0.5) is 0 Å². The summed E-state index contributed by atoms with van der Waals surface area (Å²) in [6.07, 6.45) is 0. The quantitative estimate of drug-likeness (QED) is 0.540. The lowest BCUT2D eigenvalue weighted by molar-refractivity contribution is 0.414. The zero-order valence-electron chi connectivity index (χ0n) is 14.1. The van der Waals surface area contributed by atoms with Crippen molar-refractivity contribution in [2.45, 2.75) is 9.79 Å². The number of methoxy groups -OCH3 is 1. The lowest BCUT2D eigenvalue weighted by Gasteiger charge is -2.15. The molecule has 0 amide bonds. The SMILES string of the molecule is COc1ccc(Sc2ccc(OP(C)(=O)c3ccccc3)cc2)cc1. The molecule has 0 aliphatic heterocycles. The van der Waals surface area contributed by atoms with Gasteiger partial charge in [0.2, 0.25) is 0 Å². The first-order chi connectivity index (χ1) is 12.1. The van der Waals surface area contributed by atoms with Crippen LogP contribution in [0, 0.1) is 0 Å². The van der Waals surface area contributed by atoms with E-state index in [9.17, 15) is 4.57 Å². The molecule has 3 rings (SSSR count). The van der Waals surface area contributed by atoms with Crippen molar-refractivity contribution in [3.63, 3.8) is 0 Å². The molecule has 1 atom stereocenters. The van der Waals surface area contributed by atoms with Crippen LogP contribution in [0.15, 0.2) is 88.7 Å². The Morgan fingerprint density at radius 2 is 1.28 bits per heavy atom. The van der Waals surface area contributed by atoms with Crippen molar-refractivity contribution in [1.29, 1.82) is 0 Å². The van der Waals surface area contributed by atoms with Gasteiger partial charge >= 0.3 is 0 Å². The summed E-state index contributed by atoms with van der Waals surface area (Å²) in [6.45, 7) is 1.64. The molecule has 0 saturated carbocycles. The van der Waals surface area contributed by atoms with Gasteiger partial charge in [0.25, 0.3) is 7.37 Å². The topological polar surface area (TPSA) is 35.5 Å². The fraction of sp³-hybridized carbons (Fsp3) is 0.100. The van der Waals surface area contributed by atoms with Crippen LogP contribution in [0.3, 0.4) is 0 Å². The molecule has 0 radical (unpaired) electrons. The van der Waals surface area contributed by atoms with Crippen LogP contribution in [-0.4, -0.2) is 13.8 Å². The molecule has 3 aromatic carbocycles. The second-order valence-corrected chi connectivity index (χ2v) is 9.06. The summed E-state index contributed by atoms with van der Waals surface area (Å²) in [6, 6.07) is 24.8. The van der Waals surface area contributed by atoms with Gasteiger partial charge in [0.15, 0.2) is 0 Å². The second kappa shape index (κ2) is 7.81. The van der Waals surface area contributed by atoms with Gasteiger partial charge in [-0.15, -0.1) is 0 Å². The largest absolute Gasteiger partial charge is 0.497 e. The summed E-state index contributed by atoms with van der Waals surface area (Å²) in [5, 5.41) is 0.715. The van der Waals surface area contributed by atoms with Gasteiger partial charge in [0.05, 0.1) is 7.11 Å². The minimum Gasteiger partial charge on any atom is -0.497 e. The molecule has 3 nitrogen and oxygen atoms in total. The molecule has 25 heavy (non-hydrogen) atoms. The van der Waals surface area contributed by atoms with Gasteiger partial charge in [-0.05, 0) is 60.7 Å². The van der Waals surface area contributed by atoms with Crippen molar-refractivity contribution in [3.05, 3.63) is 78.9 Å². The summed E-state index contributed by atoms with van der Waals surface area (Å²) in [4.78, 5) is 2.21. The van der Waals surface area contributed by atoms with Crippen LogP contribution in [-0.2, 0) is 4.57 Å². The minimum atomic E-state index is -2.88. The molecular formula is C20H19O3PS. The molecule has 3 aromatic rings. The smallest absolute Gasteiger partial charge is 0.274 e. The second-order valence-electron chi connectivity index (χ2n) is 5.52. The fourth-order valence-corrected chi connectivity index (χ4v) is 4.46. The van der Waals surface area contributed by atoms with Crippen molar-refractivity contribution >= 4 is 24.4 Å². The first-order valence-electron chi connectivity index (χ1n) is 7.81. The number of benzene rings is 3. The number of hydrogen-bond donors (Lipinski definition) is 0. The van der Waals surface area contributed by atoms with Crippen LogP contribution in [0.1, 0.15) is 0 Å². The summed E-state index contributed by atoms with van der Waals surface area (Å²) in [5.74, 6) is 1.45. The van der Waals surface area contributed by atoms with Crippen molar-refractivity contribution in [2.75, 3.05) is 13.8 Å².